The Labute approximate surface area is 149 Å². The van der Waals surface area contributed by atoms with Gasteiger partial charge in [0.1, 0.15) is 21.0 Å². The summed E-state index contributed by atoms with van der Waals surface area (Å²) in [6.45, 7) is 5.71. The minimum absolute atomic E-state index is 0.0940. The monoisotopic (exact) mass is 382 g/mol. The van der Waals surface area contributed by atoms with Gasteiger partial charge in [-0.1, -0.05) is 23.1 Å². The van der Waals surface area contributed by atoms with Gasteiger partial charge in [-0.2, -0.15) is 0 Å². The van der Waals surface area contributed by atoms with Crippen molar-refractivity contribution in [3.05, 3.63) is 32.1 Å². The highest BCUT2D eigenvalue weighted by atomic mass is 32.2. The normalized spacial score (nSPS) is 12.5. The van der Waals surface area contributed by atoms with Crippen molar-refractivity contribution >= 4 is 50.6 Å². The van der Waals surface area contributed by atoms with E-state index in [1.54, 1.807) is 19.4 Å². The van der Waals surface area contributed by atoms with Gasteiger partial charge >= 0.3 is 5.97 Å². The van der Waals surface area contributed by atoms with Crippen molar-refractivity contribution in [3.63, 3.8) is 0 Å². The predicted octanol–water partition coefficient (Wildman–Crippen LogP) is 3.17. The molecule has 24 heavy (non-hydrogen) atoms. The SMILES string of the molecule is CCOC(=O)c1sc2nc(C(C)Sc3nncs3)[nH]c(=O)c2c1C. The smallest absolute Gasteiger partial charge is 0.348 e. The second-order valence-electron chi connectivity index (χ2n) is 4.87. The van der Waals surface area contributed by atoms with Gasteiger partial charge in [0.15, 0.2) is 4.34 Å². The van der Waals surface area contributed by atoms with Crippen molar-refractivity contribution < 1.29 is 9.53 Å². The number of thioether (sulfide) groups is 1. The van der Waals surface area contributed by atoms with Crippen molar-refractivity contribution in [2.24, 2.45) is 0 Å². The molecule has 1 unspecified atom stereocenters. The standard InChI is InChI=1S/C14H14N4O3S3/c1-4-21-13(20)9-6(2)8-11(19)16-10(17-12(8)24-9)7(3)23-14-18-15-5-22-14/h5,7H,4H2,1-3H3,(H,16,17,19). The third kappa shape index (κ3) is 3.21. The van der Waals surface area contributed by atoms with Gasteiger partial charge in [-0.15, -0.1) is 21.5 Å². The van der Waals surface area contributed by atoms with E-state index in [-0.39, 0.29) is 17.4 Å². The number of ether oxygens (including phenoxy) is 1. The van der Waals surface area contributed by atoms with Crippen LogP contribution < -0.4 is 5.56 Å². The summed E-state index contributed by atoms with van der Waals surface area (Å²) in [5.41, 5.74) is 2.02. The molecule has 0 saturated heterocycles. The van der Waals surface area contributed by atoms with Crippen LogP contribution in [0.4, 0.5) is 0 Å². The third-order valence-electron chi connectivity index (χ3n) is 3.28. The number of hydrogen-bond acceptors (Lipinski definition) is 9. The van der Waals surface area contributed by atoms with Crippen molar-refractivity contribution in [2.45, 2.75) is 30.4 Å². The number of thiophene rings is 1. The van der Waals surface area contributed by atoms with Crippen LogP contribution in [-0.2, 0) is 4.74 Å². The lowest BCUT2D eigenvalue weighted by Crippen LogP contribution is -2.12. The van der Waals surface area contributed by atoms with Gasteiger partial charge in [-0.25, -0.2) is 9.78 Å². The lowest BCUT2D eigenvalue weighted by Gasteiger charge is -2.07. The molecule has 0 aliphatic heterocycles. The first kappa shape index (κ1) is 17.1. The lowest BCUT2D eigenvalue weighted by molar-refractivity contribution is 0.0531. The number of aromatic amines is 1. The van der Waals surface area contributed by atoms with Crippen LogP contribution in [-0.4, -0.2) is 32.7 Å². The van der Waals surface area contributed by atoms with Gasteiger partial charge in [-0.3, -0.25) is 4.79 Å². The second kappa shape index (κ2) is 6.99. The highest BCUT2D eigenvalue weighted by Crippen LogP contribution is 2.35. The molecule has 3 rings (SSSR count). The molecule has 0 amide bonds. The maximum atomic E-state index is 12.4. The van der Waals surface area contributed by atoms with E-state index in [0.29, 0.717) is 26.5 Å². The second-order valence-corrected chi connectivity index (χ2v) is 8.29. The van der Waals surface area contributed by atoms with Gasteiger partial charge in [-0.05, 0) is 26.3 Å². The Morgan fingerprint density at radius 3 is 2.96 bits per heavy atom. The van der Waals surface area contributed by atoms with Gasteiger partial charge < -0.3 is 9.72 Å². The van der Waals surface area contributed by atoms with Gasteiger partial charge in [0.05, 0.1) is 17.2 Å². The predicted molar refractivity (Wildman–Crippen MR) is 95.1 cm³/mol. The zero-order chi connectivity index (χ0) is 17.3. The summed E-state index contributed by atoms with van der Waals surface area (Å²) < 4.78 is 5.84. The number of carbonyl (C=O) groups excluding carboxylic acids is 1. The quantitative estimate of drug-likeness (QED) is 0.534. The molecule has 1 N–H and O–H groups in total. The molecule has 10 heteroatoms. The molecule has 0 fully saturated rings. The Kier molecular flexibility index (Phi) is 4.97. The molecular weight excluding hydrogens is 368 g/mol. The van der Waals surface area contributed by atoms with E-state index in [4.69, 9.17) is 4.74 Å². The molecule has 3 heterocycles. The minimum Gasteiger partial charge on any atom is -0.462 e. The molecule has 0 bridgehead atoms. The number of hydrogen-bond donors (Lipinski definition) is 1. The highest BCUT2D eigenvalue weighted by Gasteiger charge is 2.21. The first-order chi connectivity index (χ1) is 11.5. The van der Waals surface area contributed by atoms with Crippen LogP contribution in [0.3, 0.4) is 0 Å². The number of nitrogens with one attached hydrogen (secondary N) is 1. The number of aromatic nitrogens is 4. The van der Waals surface area contributed by atoms with Crippen LogP contribution in [0.1, 0.15) is 40.2 Å². The summed E-state index contributed by atoms with van der Waals surface area (Å²) in [4.78, 5) is 32.8. The summed E-state index contributed by atoms with van der Waals surface area (Å²) in [5.74, 6) is 0.125. The molecule has 0 radical (unpaired) electrons. The number of aryl methyl sites for hydroxylation is 1. The Hall–Kier alpha value is -1.78. The fourth-order valence-electron chi connectivity index (χ4n) is 2.17. The first-order valence-electron chi connectivity index (χ1n) is 7.14. The van der Waals surface area contributed by atoms with Crippen LogP contribution >= 0.6 is 34.4 Å². The van der Waals surface area contributed by atoms with Crippen molar-refractivity contribution in [1.29, 1.82) is 0 Å². The van der Waals surface area contributed by atoms with E-state index < -0.39 is 5.97 Å². The maximum absolute atomic E-state index is 12.4. The van der Waals surface area contributed by atoms with Gasteiger partial charge in [0, 0.05) is 0 Å². The summed E-state index contributed by atoms with van der Waals surface area (Å²) in [6.07, 6.45) is 0. The van der Waals surface area contributed by atoms with E-state index in [1.807, 2.05) is 6.92 Å². The maximum Gasteiger partial charge on any atom is 0.348 e. The molecule has 7 nitrogen and oxygen atoms in total. The van der Waals surface area contributed by atoms with Gasteiger partial charge in [0.2, 0.25) is 0 Å². The van der Waals surface area contributed by atoms with E-state index in [9.17, 15) is 9.59 Å². The van der Waals surface area contributed by atoms with E-state index in [0.717, 1.165) is 4.34 Å². The van der Waals surface area contributed by atoms with Crippen LogP contribution in [0.2, 0.25) is 0 Å². The average Bonchev–Trinajstić information content (AvgIpc) is 3.15. The molecule has 3 aromatic heterocycles. The van der Waals surface area contributed by atoms with Gasteiger partial charge in [0.25, 0.3) is 5.56 Å². The Morgan fingerprint density at radius 1 is 1.50 bits per heavy atom. The molecule has 0 spiro atoms. The average molecular weight is 382 g/mol. The molecular formula is C14H14N4O3S3. The Balaban J connectivity index is 2.00. The number of nitrogens with zero attached hydrogens (tertiary/aromatic N) is 3. The summed E-state index contributed by atoms with van der Waals surface area (Å²) in [7, 11) is 0. The molecule has 3 aromatic rings. The van der Waals surface area contributed by atoms with Crippen LogP contribution in [0, 0.1) is 6.92 Å². The lowest BCUT2D eigenvalue weighted by atomic mass is 10.2. The zero-order valence-electron chi connectivity index (χ0n) is 13.2. The fourth-order valence-corrected chi connectivity index (χ4v) is 4.93. The Bertz CT molecular complexity index is 933. The fraction of sp³-hybridized carbons (Fsp3) is 0.357. The number of fused-ring (bicyclic) bond motifs is 1. The molecule has 0 saturated carbocycles. The van der Waals surface area contributed by atoms with Crippen molar-refractivity contribution in [2.75, 3.05) is 6.61 Å². The Morgan fingerprint density at radius 2 is 2.29 bits per heavy atom. The van der Waals surface area contributed by atoms with Crippen LogP contribution in [0.25, 0.3) is 10.2 Å². The number of rotatable bonds is 5. The van der Waals surface area contributed by atoms with Crippen molar-refractivity contribution in [1.82, 2.24) is 20.2 Å². The molecule has 0 aliphatic carbocycles. The molecule has 1 atom stereocenters. The van der Waals surface area contributed by atoms with E-state index in [2.05, 4.69) is 20.2 Å². The van der Waals surface area contributed by atoms with E-state index >= 15 is 0 Å². The zero-order valence-corrected chi connectivity index (χ0v) is 15.6. The topological polar surface area (TPSA) is 97.8 Å². The minimum atomic E-state index is -0.421. The summed E-state index contributed by atoms with van der Waals surface area (Å²) in [5, 5.41) is 8.13. The number of carbonyl (C=O) groups is 1. The van der Waals surface area contributed by atoms with Crippen LogP contribution in [0.15, 0.2) is 14.6 Å². The van der Waals surface area contributed by atoms with E-state index in [1.165, 1.54) is 34.4 Å². The van der Waals surface area contributed by atoms with Crippen LogP contribution in [0.5, 0.6) is 0 Å². The number of esters is 1. The first-order valence-corrected chi connectivity index (χ1v) is 9.72. The molecule has 0 aliphatic rings. The highest BCUT2D eigenvalue weighted by molar-refractivity contribution is 8.01. The number of H-pyrrole nitrogens is 1. The summed E-state index contributed by atoms with van der Waals surface area (Å²) in [6, 6.07) is 0. The molecule has 126 valence electrons. The largest absolute Gasteiger partial charge is 0.462 e. The molecule has 0 aromatic carbocycles. The van der Waals surface area contributed by atoms with Crippen molar-refractivity contribution in [3.8, 4) is 0 Å². The third-order valence-corrected chi connectivity index (χ3v) is 6.37. The summed E-state index contributed by atoms with van der Waals surface area (Å²) >= 11 is 4.09.